The van der Waals surface area contributed by atoms with E-state index in [1.165, 1.54) is 11.3 Å². The molecule has 182 valence electrons. The van der Waals surface area contributed by atoms with Gasteiger partial charge in [-0.1, -0.05) is 43.5 Å². The van der Waals surface area contributed by atoms with Crippen molar-refractivity contribution in [1.82, 2.24) is 0 Å². The van der Waals surface area contributed by atoms with Crippen LogP contribution in [-0.4, -0.2) is 31.1 Å². The monoisotopic (exact) mass is 503 g/mol. The van der Waals surface area contributed by atoms with Crippen molar-refractivity contribution < 1.29 is 23.9 Å². The van der Waals surface area contributed by atoms with Gasteiger partial charge < -0.3 is 14.8 Å². The third-order valence-corrected chi connectivity index (χ3v) is 8.24. The molecule has 4 rings (SSSR count). The molecule has 2 aliphatic rings. The van der Waals surface area contributed by atoms with Crippen LogP contribution in [-0.2, 0) is 37.3 Å². The molecule has 1 aromatic carbocycles. The fourth-order valence-corrected chi connectivity index (χ4v) is 6.59. The predicted octanol–water partition coefficient (Wildman–Crippen LogP) is 5.70. The smallest absolute Gasteiger partial charge is 0.341 e. The van der Waals surface area contributed by atoms with Crippen molar-refractivity contribution >= 4 is 45.8 Å². The normalized spacial score (nSPS) is 18.7. The first-order chi connectivity index (χ1) is 16.3. The van der Waals surface area contributed by atoms with Crippen LogP contribution in [0.15, 0.2) is 24.3 Å². The zero-order chi connectivity index (χ0) is 24.3. The maximum atomic E-state index is 13.2. The third-order valence-electron chi connectivity index (χ3n) is 6.82. The molecule has 0 bridgehead atoms. The molecule has 34 heavy (non-hydrogen) atoms. The average Bonchev–Trinajstić information content (AvgIpc) is 3.43. The van der Waals surface area contributed by atoms with Gasteiger partial charge in [-0.2, -0.15) is 0 Å². The lowest BCUT2D eigenvalue weighted by Gasteiger charge is -2.27. The van der Waals surface area contributed by atoms with E-state index in [0.29, 0.717) is 34.3 Å². The number of rotatable bonds is 7. The zero-order valence-corrected chi connectivity index (χ0v) is 21.2. The van der Waals surface area contributed by atoms with Gasteiger partial charge in [0.1, 0.15) is 5.00 Å². The van der Waals surface area contributed by atoms with Gasteiger partial charge in [-0.3, -0.25) is 9.59 Å². The van der Waals surface area contributed by atoms with E-state index in [1.54, 1.807) is 19.1 Å². The Labute approximate surface area is 209 Å². The highest BCUT2D eigenvalue weighted by molar-refractivity contribution is 7.17. The summed E-state index contributed by atoms with van der Waals surface area (Å²) >= 11 is 7.44. The third kappa shape index (κ3) is 5.01. The van der Waals surface area contributed by atoms with Crippen LogP contribution >= 0.6 is 22.9 Å². The molecule has 0 unspecified atom stereocenters. The Balaban J connectivity index is 1.47. The molecule has 6 nitrogen and oxygen atoms in total. The van der Waals surface area contributed by atoms with Crippen molar-refractivity contribution in [2.75, 3.05) is 18.5 Å². The van der Waals surface area contributed by atoms with Crippen molar-refractivity contribution in [2.24, 2.45) is 5.92 Å². The molecule has 8 heteroatoms. The van der Waals surface area contributed by atoms with Gasteiger partial charge in [-0.05, 0) is 68.2 Å². The Morgan fingerprint density at radius 1 is 1.15 bits per heavy atom. The van der Waals surface area contributed by atoms with E-state index < -0.39 is 29.9 Å². The van der Waals surface area contributed by atoms with Crippen molar-refractivity contribution in [3.8, 4) is 0 Å². The number of benzene rings is 1. The van der Waals surface area contributed by atoms with Crippen LogP contribution in [0.25, 0.3) is 0 Å². The second-order valence-electron chi connectivity index (χ2n) is 9.20. The molecule has 1 amide bonds. The Hall–Kier alpha value is -2.38. The highest BCUT2D eigenvalue weighted by Gasteiger charge is 2.44. The van der Waals surface area contributed by atoms with Crippen LogP contribution in [0, 0.1) is 5.92 Å². The Morgan fingerprint density at radius 3 is 2.53 bits per heavy atom. The number of halogens is 1. The van der Waals surface area contributed by atoms with Crippen molar-refractivity contribution in [1.29, 1.82) is 0 Å². The van der Waals surface area contributed by atoms with Crippen molar-refractivity contribution in [3.05, 3.63) is 50.9 Å². The number of thiophene rings is 1. The van der Waals surface area contributed by atoms with Gasteiger partial charge in [0.25, 0.3) is 5.91 Å². The van der Waals surface area contributed by atoms with E-state index in [1.807, 2.05) is 12.1 Å². The van der Waals surface area contributed by atoms with Crippen LogP contribution in [0.5, 0.6) is 0 Å². The summed E-state index contributed by atoms with van der Waals surface area (Å²) < 4.78 is 10.8. The number of ether oxygens (including phenoxy) is 2. The average molecular weight is 504 g/mol. The molecule has 2 aliphatic carbocycles. The summed E-state index contributed by atoms with van der Waals surface area (Å²) in [5, 5.41) is 3.90. The molecule has 1 N–H and O–H groups in total. The zero-order valence-electron chi connectivity index (χ0n) is 19.6. The number of hydrogen-bond acceptors (Lipinski definition) is 6. The molecule has 0 aliphatic heterocycles. The molecule has 1 atom stereocenters. The minimum Gasteiger partial charge on any atom is -0.462 e. The second kappa shape index (κ2) is 10.5. The molecule has 0 saturated heterocycles. The van der Waals surface area contributed by atoms with Crippen LogP contribution in [0.2, 0.25) is 5.02 Å². The van der Waals surface area contributed by atoms with E-state index in [4.69, 9.17) is 21.1 Å². The molecule has 1 fully saturated rings. The fraction of sp³-hybridized carbons (Fsp3) is 0.500. The van der Waals surface area contributed by atoms with Crippen LogP contribution in [0.4, 0.5) is 5.00 Å². The van der Waals surface area contributed by atoms with E-state index in [2.05, 4.69) is 12.2 Å². The highest BCUT2D eigenvalue weighted by Crippen LogP contribution is 2.43. The standard InChI is InChI=1S/C26H30ClNO5S/c1-3-32-24(30)22-19-11-6-16(2)14-20(19)34-23(22)28-21(29)15-33-25(31)26(12-4-5-13-26)17-7-9-18(27)10-8-17/h7-10,16H,3-6,11-15H2,1-2H3,(H,28,29)/t16-/m1/s1. The summed E-state index contributed by atoms with van der Waals surface area (Å²) in [4.78, 5) is 39.7. The molecule has 1 aromatic heterocycles. The lowest BCUT2D eigenvalue weighted by Crippen LogP contribution is -2.36. The molecule has 1 heterocycles. The topological polar surface area (TPSA) is 81.7 Å². The number of fused-ring (bicyclic) bond motifs is 1. The van der Waals surface area contributed by atoms with Crippen LogP contribution < -0.4 is 5.32 Å². The summed E-state index contributed by atoms with van der Waals surface area (Å²) in [6.45, 7) is 3.80. The summed E-state index contributed by atoms with van der Waals surface area (Å²) in [5.74, 6) is -0.752. The van der Waals surface area contributed by atoms with E-state index >= 15 is 0 Å². The summed E-state index contributed by atoms with van der Waals surface area (Å²) in [5.41, 5.74) is 1.53. The first-order valence-corrected chi connectivity index (χ1v) is 13.1. The van der Waals surface area contributed by atoms with Gasteiger partial charge in [0.05, 0.1) is 17.6 Å². The fourth-order valence-electron chi connectivity index (χ4n) is 5.05. The summed E-state index contributed by atoms with van der Waals surface area (Å²) in [6, 6.07) is 7.26. The second-order valence-corrected chi connectivity index (χ2v) is 10.7. The quantitative estimate of drug-likeness (QED) is 0.490. The van der Waals surface area contributed by atoms with E-state index in [-0.39, 0.29) is 6.61 Å². The molecular formula is C26H30ClNO5S. The number of amides is 1. The molecule has 0 radical (unpaired) electrons. The number of carbonyl (C=O) groups excluding carboxylic acids is 3. The molecule has 0 spiro atoms. The lowest BCUT2D eigenvalue weighted by molar-refractivity contribution is -0.153. The number of nitrogens with one attached hydrogen (secondary N) is 1. The van der Waals surface area contributed by atoms with Crippen molar-refractivity contribution in [2.45, 2.75) is 64.2 Å². The van der Waals surface area contributed by atoms with E-state index in [0.717, 1.165) is 48.1 Å². The van der Waals surface area contributed by atoms with Gasteiger partial charge in [0.15, 0.2) is 6.61 Å². The molecule has 2 aromatic rings. The SMILES string of the molecule is CCOC(=O)c1c(NC(=O)COC(=O)C2(c3ccc(Cl)cc3)CCCC2)sc2c1CC[C@@H](C)C2. The first-order valence-electron chi connectivity index (χ1n) is 11.9. The minimum atomic E-state index is -0.751. The van der Waals surface area contributed by atoms with Gasteiger partial charge >= 0.3 is 11.9 Å². The van der Waals surface area contributed by atoms with Crippen LogP contribution in [0.3, 0.4) is 0 Å². The van der Waals surface area contributed by atoms with Gasteiger partial charge in [-0.15, -0.1) is 11.3 Å². The number of anilines is 1. The maximum absolute atomic E-state index is 13.2. The number of carbonyl (C=O) groups is 3. The number of esters is 2. The van der Waals surface area contributed by atoms with Gasteiger partial charge in [0, 0.05) is 9.90 Å². The lowest BCUT2D eigenvalue weighted by atomic mass is 9.79. The van der Waals surface area contributed by atoms with Gasteiger partial charge in [-0.25, -0.2) is 4.79 Å². The summed E-state index contributed by atoms with van der Waals surface area (Å²) in [6.07, 6.45) is 5.86. The predicted molar refractivity (Wildman–Crippen MR) is 133 cm³/mol. The Bertz CT molecular complexity index is 1070. The van der Waals surface area contributed by atoms with Crippen LogP contribution in [0.1, 0.15) is 72.3 Å². The summed E-state index contributed by atoms with van der Waals surface area (Å²) in [7, 11) is 0. The molecular weight excluding hydrogens is 474 g/mol. The molecule has 1 saturated carbocycles. The van der Waals surface area contributed by atoms with Crippen molar-refractivity contribution in [3.63, 3.8) is 0 Å². The highest BCUT2D eigenvalue weighted by atomic mass is 35.5. The minimum absolute atomic E-state index is 0.262. The van der Waals surface area contributed by atoms with E-state index in [9.17, 15) is 14.4 Å². The largest absolute Gasteiger partial charge is 0.462 e. The maximum Gasteiger partial charge on any atom is 0.341 e. The first kappa shape index (κ1) is 24.7. The Kier molecular flexibility index (Phi) is 7.63. The van der Waals surface area contributed by atoms with Gasteiger partial charge in [0.2, 0.25) is 0 Å². The Morgan fingerprint density at radius 2 is 1.85 bits per heavy atom. The number of hydrogen-bond donors (Lipinski definition) is 1.